The van der Waals surface area contributed by atoms with Crippen LogP contribution in [-0.4, -0.2) is 28.9 Å². The molecule has 1 aliphatic heterocycles. The SMILES string of the molecule is O=C(CCC(=O)c1ccc2c(c1)OC(F)(F)C(F)(F)O2)c1ccc(O)cc1. The number of fused-ring (bicyclic) bond motifs is 1. The number of hydrogen-bond donors (Lipinski definition) is 1. The van der Waals surface area contributed by atoms with Crippen molar-refractivity contribution in [2.24, 2.45) is 0 Å². The molecule has 9 heteroatoms. The highest BCUT2D eigenvalue weighted by atomic mass is 19.3. The van der Waals surface area contributed by atoms with Crippen molar-refractivity contribution in [2.75, 3.05) is 0 Å². The highest BCUT2D eigenvalue weighted by Crippen LogP contribution is 2.47. The van der Waals surface area contributed by atoms with Crippen molar-refractivity contribution in [2.45, 2.75) is 25.1 Å². The Hall–Kier alpha value is -3.10. The maximum absolute atomic E-state index is 13.2. The predicted molar refractivity (Wildman–Crippen MR) is 83.6 cm³/mol. The number of carbonyl (C=O) groups excluding carboxylic acids is 2. The van der Waals surface area contributed by atoms with E-state index in [-0.39, 0.29) is 29.9 Å². The fourth-order valence-electron chi connectivity index (χ4n) is 2.40. The molecule has 0 atom stereocenters. The molecule has 0 saturated carbocycles. The van der Waals surface area contributed by atoms with E-state index in [1.165, 1.54) is 24.3 Å². The third-order valence-electron chi connectivity index (χ3n) is 3.85. The number of aromatic hydroxyl groups is 1. The summed E-state index contributed by atoms with van der Waals surface area (Å²) in [5.41, 5.74) is 0.210. The van der Waals surface area contributed by atoms with E-state index in [0.29, 0.717) is 5.56 Å². The van der Waals surface area contributed by atoms with Crippen molar-refractivity contribution in [3.63, 3.8) is 0 Å². The standard InChI is InChI=1S/C18H12F4O5/c19-17(20)18(21,22)27-16-9-11(3-8-15(16)26-17)14(25)7-6-13(24)10-1-4-12(23)5-2-10/h1-5,8-9,23H,6-7H2. The maximum Gasteiger partial charge on any atom is 0.507 e. The van der Waals surface area contributed by atoms with Gasteiger partial charge in [0.2, 0.25) is 0 Å². The molecule has 0 radical (unpaired) electrons. The summed E-state index contributed by atoms with van der Waals surface area (Å²) in [6, 6.07) is 8.36. The fourth-order valence-corrected chi connectivity index (χ4v) is 2.40. The lowest BCUT2D eigenvalue weighted by Crippen LogP contribution is -2.52. The summed E-state index contributed by atoms with van der Waals surface area (Å²) in [7, 11) is 0. The van der Waals surface area contributed by atoms with E-state index in [2.05, 4.69) is 9.47 Å². The Morgan fingerprint density at radius 2 is 1.26 bits per heavy atom. The number of rotatable bonds is 5. The van der Waals surface area contributed by atoms with Crippen molar-refractivity contribution in [3.05, 3.63) is 53.6 Å². The number of phenols is 1. The highest BCUT2D eigenvalue weighted by molar-refractivity contribution is 6.02. The Labute approximate surface area is 150 Å². The summed E-state index contributed by atoms with van der Waals surface area (Å²) in [4.78, 5) is 24.2. The van der Waals surface area contributed by atoms with Gasteiger partial charge in [-0.1, -0.05) is 0 Å². The van der Waals surface area contributed by atoms with E-state index >= 15 is 0 Å². The highest BCUT2D eigenvalue weighted by Gasteiger charge is 2.65. The van der Waals surface area contributed by atoms with E-state index < -0.39 is 29.5 Å². The first-order chi connectivity index (χ1) is 12.6. The molecule has 0 aliphatic carbocycles. The van der Waals surface area contributed by atoms with Gasteiger partial charge in [-0.25, -0.2) is 0 Å². The van der Waals surface area contributed by atoms with Crippen LogP contribution in [0.1, 0.15) is 33.6 Å². The summed E-state index contributed by atoms with van der Waals surface area (Å²) in [5, 5.41) is 9.18. The van der Waals surface area contributed by atoms with Crippen molar-refractivity contribution in [1.29, 1.82) is 0 Å². The summed E-state index contributed by atoms with van der Waals surface area (Å²) < 4.78 is 60.6. The van der Waals surface area contributed by atoms with Crippen LogP contribution in [0.25, 0.3) is 0 Å². The van der Waals surface area contributed by atoms with Crippen LogP contribution < -0.4 is 9.47 Å². The molecule has 0 amide bonds. The Morgan fingerprint density at radius 1 is 0.778 bits per heavy atom. The molecule has 2 aromatic carbocycles. The van der Waals surface area contributed by atoms with Gasteiger partial charge in [-0.15, -0.1) is 0 Å². The number of halogens is 4. The molecule has 142 valence electrons. The van der Waals surface area contributed by atoms with Crippen LogP contribution in [0.5, 0.6) is 17.2 Å². The molecule has 5 nitrogen and oxygen atoms in total. The number of ether oxygens (including phenoxy) is 2. The quantitative estimate of drug-likeness (QED) is 0.618. The Bertz CT molecular complexity index is 893. The summed E-state index contributed by atoms with van der Waals surface area (Å²) in [6.07, 6.45) is -10.1. The maximum atomic E-state index is 13.2. The van der Waals surface area contributed by atoms with Crippen LogP contribution in [0.2, 0.25) is 0 Å². The minimum atomic E-state index is -4.88. The minimum Gasteiger partial charge on any atom is -0.508 e. The summed E-state index contributed by atoms with van der Waals surface area (Å²) in [6.45, 7) is 0. The summed E-state index contributed by atoms with van der Waals surface area (Å²) >= 11 is 0. The Kier molecular flexibility index (Phi) is 4.54. The largest absolute Gasteiger partial charge is 0.508 e. The zero-order chi connectivity index (χ0) is 19.8. The molecule has 3 rings (SSSR count). The molecule has 0 unspecified atom stereocenters. The topological polar surface area (TPSA) is 72.8 Å². The number of carbonyl (C=O) groups is 2. The second-order valence-corrected chi connectivity index (χ2v) is 5.79. The molecule has 0 spiro atoms. The average molecular weight is 384 g/mol. The number of benzene rings is 2. The molecule has 1 N–H and O–H groups in total. The zero-order valence-corrected chi connectivity index (χ0v) is 13.5. The van der Waals surface area contributed by atoms with Crippen molar-refractivity contribution in [3.8, 4) is 17.2 Å². The normalized spacial score (nSPS) is 16.6. The van der Waals surface area contributed by atoms with Crippen molar-refractivity contribution < 1.29 is 41.7 Å². The first-order valence-corrected chi connectivity index (χ1v) is 7.72. The Morgan fingerprint density at radius 3 is 1.85 bits per heavy atom. The van der Waals surface area contributed by atoms with E-state index in [9.17, 15) is 32.3 Å². The van der Waals surface area contributed by atoms with Crippen LogP contribution in [0.3, 0.4) is 0 Å². The van der Waals surface area contributed by atoms with Crippen LogP contribution in [0.15, 0.2) is 42.5 Å². The molecular formula is C18H12F4O5. The van der Waals surface area contributed by atoms with Gasteiger partial charge >= 0.3 is 12.2 Å². The van der Waals surface area contributed by atoms with Crippen LogP contribution in [0.4, 0.5) is 17.6 Å². The predicted octanol–water partition coefficient (Wildman–Crippen LogP) is 4.19. The van der Waals surface area contributed by atoms with Crippen molar-refractivity contribution in [1.82, 2.24) is 0 Å². The van der Waals surface area contributed by atoms with Gasteiger partial charge in [0.05, 0.1) is 0 Å². The minimum absolute atomic E-state index is 0.0127. The number of hydrogen-bond acceptors (Lipinski definition) is 5. The lowest BCUT2D eigenvalue weighted by molar-refractivity contribution is -0.391. The number of phenolic OH excluding ortho intramolecular Hbond substituents is 1. The van der Waals surface area contributed by atoms with Crippen molar-refractivity contribution >= 4 is 11.6 Å². The van der Waals surface area contributed by atoms with Gasteiger partial charge in [-0.05, 0) is 42.5 Å². The lowest BCUT2D eigenvalue weighted by Gasteiger charge is -2.31. The molecule has 0 bridgehead atoms. The second kappa shape index (κ2) is 6.57. The number of alkyl halides is 4. The second-order valence-electron chi connectivity index (χ2n) is 5.79. The molecule has 0 aromatic heterocycles. The Balaban J connectivity index is 1.69. The summed E-state index contributed by atoms with van der Waals surface area (Å²) in [5.74, 6) is -2.24. The van der Waals surface area contributed by atoms with Gasteiger partial charge in [-0.3, -0.25) is 9.59 Å². The van der Waals surface area contributed by atoms with Gasteiger partial charge in [-0.2, -0.15) is 17.6 Å². The lowest BCUT2D eigenvalue weighted by atomic mass is 10.0. The molecular weight excluding hydrogens is 372 g/mol. The van der Waals surface area contributed by atoms with Gasteiger partial charge in [0.25, 0.3) is 0 Å². The van der Waals surface area contributed by atoms with Crippen LogP contribution in [-0.2, 0) is 0 Å². The number of ketones is 2. The van der Waals surface area contributed by atoms with Gasteiger partial charge in [0.1, 0.15) is 5.75 Å². The first-order valence-electron chi connectivity index (χ1n) is 7.72. The van der Waals surface area contributed by atoms with Crippen LogP contribution in [0, 0.1) is 0 Å². The van der Waals surface area contributed by atoms with E-state index in [1.54, 1.807) is 0 Å². The fraction of sp³-hybridized carbons (Fsp3) is 0.222. The van der Waals surface area contributed by atoms with E-state index in [0.717, 1.165) is 18.2 Å². The number of Topliss-reactive ketones (excluding diaryl/α,β-unsaturated/α-hetero) is 2. The van der Waals surface area contributed by atoms with Gasteiger partial charge < -0.3 is 14.6 Å². The smallest absolute Gasteiger partial charge is 0.507 e. The molecule has 1 heterocycles. The average Bonchev–Trinajstić information content (AvgIpc) is 2.60. The molecule has 2 aromatic rings. The molecule has 1 aliphatic rings. The molecule has 27 heavy (non-hydrogen) atoms. The zero-order valence-electron chi connectivity index (χ0n) is 13.5. The first kappa shape index (κ1) is 18.7. The third-order valence-corrected chi connectivity index (χ3v) is 3.85. The third kappa shape index (κ3) is 3.71. The van der Waals surface area contributed by atoms with Crippen LogP contribution >= 0.6 is 0 Å². The van der Waals surface area contributed by atoms with Gasteiger partial charge in [0, 0.05) is 24.0 Å². The van der Waals surface area contributed by atoms with E-state index in [4.69, 9.17) is 0 Å². The monoisotopic (exact) mass is 384 g/mol. The molecule has 0 saturated heterocycles. The van der Waals surface area contributed by atoms with Gasteiger partial charge in [0.15, 0.2) is 23.1 Å². The van der Waals surface area contributed by atoms with E-state index in [1.807, 2.05) is 0 Å². The molecule has 0 fully saturated rings.